The third-order valence-corrected chi connectivity index (χ3v) is 5.46. The number of hydrogen-bond donors (Lipinski definition) is 1. The van der Waals surface area contributed by atoms with Gasteiger partial charge in [0, 0.05) is 22.7 Å². The minimum absolute atomic E-state index is 0.301. The summed E-state index contributed by atoms with van der Waals surface area (Å²) in [5, 5.41) is 4.12. The number of nitrogens with zero attached hydrogens (tertiary/aromatic N) is 1. The third-order valence-electron chi connectivity index (χ3n) is 4.23. The van der Waals surface area contributed by atoms with Crippen molar-refractivity contribution in [1.29, 1.82) is 0 Å². The van der Waals surface area contributed by atoms with Gasteiger partial charge in [-0.25, -0.2) is 0 Å². The van der Waals surface area contributed by atoms with Crippen LogP contribution in [0, 0.1) is 6.92 Å². The van der Waals surface area contributed by atoms with Crippen molar-refractivity contribution in [2.24, 2.45) is 0 Å². The number of rotatable bonds is 6. The fourth-order valence-electron chi connectivity index (χ4n) is 2.79. The molecule has 0 bridgehead atoms. The van der Waals surface area contributed by atoms with Gasteiger partial charge in [0.1, 0.15) is 5.75 Å². The van der Waals surface area contributed by atoms with Crippen LogP contribution < -0.4 is 10.1 Å². The monoisotopic (exact) mass is 420 g/mol. The molecule has 134 valence electrons. The highest BCUT2D eigenvalue weighted by molar-refractivity contribution is 9.10. The number of likely N-dealkylation sites (N-methyl/N-ethyl adjacent to an activating group) is 1. The molecule has 0 fully saturated rings. The molecule has 0 saturated carbocycles. The first-order valence-electron chi connectivity index (χ1n) is 8.41. The lowest BCUT2D eigenvalue weighted by Gasteiger charge is -2.31. The number of thiocarbonyl (C=S) groups is 1. The molecular formula is C20H25BrN2OS. The van der Waals surface area contributed by atoms with Crippen molar-refractivity contribution >= 4 is 38.9 Å². The van der Waals surface area contributed by atoms with E-state index in [0.29, 0.717) is 6.04 Å². The average molecular weight is 421 g/mol. The topological polar surface area (TPSA) is 24.5 Å². The number of benzene rings is 2. The smallest absolute Gasteiger partial charge is 0.173 e. The van der Waals surface area contributed by atoms with E-state index in [4.69, 9.17) is 17.0 Å². The van der Waals surface area contributed by atoms with E-state index >= 15 is 0 Å². The molecule has 5 heteroatoms. The predicted octanol–water partition coefficient (Wildman–Crippen LogP) is 5.42. The van der Waals surface area contributed by atoms with E-state index < -0.39 is 0 Å². The molecule has 2 aromatic carbocycles. The minimum atomic E-state index is 0.301. The fourth-order valence-corrected chi connectivity index (χ4v) is 3.46. The molecule has 1 unspecified atom stereocenters. The van der Waals surface area contributed by atoms with Crippen LogP contribution in [0.1, 0.15) is 25.0 Å². The molecule has 0 spiro atoms. The summed E-state index contributed by atoms with van der Waals surface area (Å²) in [6.45, 7) is 7.26. The Labute approximate surface area is 164 Å². The molecule has 2 rings (SSSR count). The Morgan fingerprint density at radius 1 is 1.24 bits per heavy atom. The van der Waals surface area contributed by atoms with Gasteiger partial charge in [-0.05, 0) is 80.9 Å². The molecule has 0 saturated heterocycles. The maximum Gasteiger partial charge on any atom is 0.173 e. The average Bonchev–Trinajstić information content (AvgIpc) is 2.59. The summed E-state index contributed by atoms with van der Waals surface area (Å²) in [7, 11) is 1.68. The Kier molecular flexibility index (Phi) is 7.26. The normalized spacial score (nSPS) is 11.7. The largest absolute Gasteiger partial charge is 0.497 e. The lowest BCUT2D eigenvalue weighted by molar-refractivity contribution is 0.347. The van der Waals surface area contributed by atoms with Gasteiger partial charge in [-0.2, -0.15) is 0 Å². The van der Waals surface area contributed by atoms with E-state index in [1.807, 2.05) is 24.3 Å². The van der Waals surface area contributed by atoms with Crippen molar-refractivity contribution in [1.82, 2.24) is 4.90 Å². The summed E-state index contributed by atoms with van der Waals surface area (Å²) >= 11 is 9.18. The van der Waals surface area contributed by atoms with E-state index in [1.165, 1.54) is 11.1 Å². The predicted molar refractivity (Wildman–Crippen MR) is 114 cm³/mol. The van der Waals surface area contributed by atoms with Crippen LogP contribution in [0.5, 0.6) is 5.75 Å². The zero-order chi connectivity index (χ0) is 18.4. The Morgan fingerprint density at radius 3 is 2.48 bits per heavy atom. The van der Waals surface area contributed by atoms with Gasteiger partial charge >= 0.3 is 0 Å². The SMILES string of the molecule is CCN(C(=S)Nc1ccc(Br)c(C)c1)C(C)Cc1ccc(OC)cc1. The van der Waals surface area contributed by atoms with E-state index in [1.54, 1.807) is 7.11 Å². The number of hydrogen-bond acceptors (Lipinski definition) is 2. The Hall–Kier alpha value is -1.59. The summed E-state index contributed by atoms with van der Waals surface area (Å²) < 4.78 is 6.32. The molecule has 2 aromatic rings. The highest BCUT2D eigenvalue weighted by atomic mass is 79.9. The third kappa shape index (κ3) is 5.44. The van der Waals surface area contributed by atoms with Crippen LogP contribution in [0.25, 0.3) is 0 Å². The van der Waals surface area contributed by atoms with Gasteiger partial charge in [-0.1, -0.05) is 28.1 Å². The maximum atomic E-state index is 5.65. The molecule has 1 N–H and O–H groups in total. The van der Waals surface area contributed by atoms with Crippen LogP contribution in [0.2, 0.25) is 0 Å². The van der Waals surface area contributed by atoms with E-state index in [9.17, 15) is 0 Å². The molecule has 3 nitrogen and oxygen atoms in total. The van der Waals surface area contributed by atoms with Gasteiger partial charge in [0.25, 0.3) is 0 Å². The lowest BCUT2D eigenvalue weighted by Crippen LogP contribution is -2.42. The first-order chi connectivity index (χ1) is 11.9. The van der Waals surface area contributed by atoms with Crippen molar-refractivity contribution in [3.63, 3.8) is 0 Å². The fraction of sp³-hybridized carbons (Fsp3) is 0.350. The standard InChI is InChI=1S/C20H25BrN2OS/c1-5-23(15(3)13-16-6-9-18(24-4)10-7-16)20(25)22-17-8-11-19(21)14(2)12-17/h6-12,15H,5,13H2,1-4H3,(H,22,25). The quantitative estimate of drug-likeness (QED) is 0.630. The van der Waals surface area contributed by atoms with Crippen LogP contribution in [-0.2, 0) is 6.42 Å². The number of halogens is 1. The van der Waals surface area contributed by atoms with Crippen molar-refractivity contribution in [3.05, 3.63) is 58.1 Å². The van der Waals surface area contributed by atoms with Crippen LogP contribution in [0.15, 0.2) is 46.9 Å². The Bertz CT molecular complexity index is 718. The first kappa shape index (κ1) is 19.7. The van der Waals surface area contributed by atoms with Crippen LogP contribution in [0.4, 0.5) is 5.69 Å². The van der Waals surface area contributed by atoms with Crippen LogP contribution >= 0.6 is 28.1 Å². The van der Waals surface area contributed by atoms with Gasteiger partial charge in [-0.15, -0.1) is 0 Å². The van der Waals surface area contributed by atoms with E-state index in [-0.39, 0.29) is 0 Å². The second kappa shape index (κ2) is 9.20. The summed E-state index contributed by atoms with van der Waals surface area (Å²) in [5.74, 6) is 0.881. The van der Waals surface area contributed by atoms with Gasteiger partial charge in [0.05, 0.1) is 7.11 Å². The number of ether oxygens (including phenoxy) is 1. The van der Waals surface area contributed by atoms with Crippen molar-refractivity contribution in [2.75, 3.05) is 19.0 Å². The van der Waals surface area contributed by atoms with Gasteiger partial charge in [-0.3, -0.25) is 0 Å². The highest BCUT2D eigenvalue weighted by Crippen LogP contribution is 2.21. The molecule has 0 aliphatic carbocycles. The molecule has 0 aromatic heterocycles. The number of methoxy groups -OCH3 is 1. The molecule has 0 aliphatic heterocycles. The van der Waals surface area contributed by atoms with Crippen LogP contribution in [-0.4, -0.2) is 29.7 Å². The molecule has 0 heterocycles. The molecule has 1 atom stereocenters. The Morgan fingerprint density at radius 2 is 1.92 bits per heavy atom. The maximum absolute atomic E-state index is 5.65. The van der Waals surface area contributed by atoms with Gasteiger partial charge < -0.3 is 15.0 Å². The molecule has 0 aliphatic rings. The van der Waals surface area contributed by atoms with Crippen molar-refractivity contribution < 1.29 is 4.74 Å². The second-order valence-corrected chi connectivity index (χ2v) is 7.32. The molecular weight excluding hydrogens is 396 g/mol. The van der Waals surface area contributed by atoms with Crippen LogP contribution in [0.3, 0.4) is 0 Å². The number of anilines is 1. The second-order valence-electron chi connectivity index (χ2n) is 6.08. The first-order valence-corrected chi connectivity index (χ1v) is 9.61. The van der Waals surface area contributed by atoms with Gasteiger partial charge in [0.15, 0.2) is 5.11 Å². The van der Waals surface area contributed by atoms with Crippen molar-refractivity contribution in [2.45, 2.75) is 33.2 Å². The lowest BCUT2D eigenvalue weighted by atomic mass is 10.1. The minimum Gasteiger partial charge on any atom is -0.497 e. The zero-order valence-corrected chi connectivity index (χ0v) is 17.6. The summed E-state index contributed by atoms with van der Waals surface area (Å²) in [6, 6.07) is 14.7. The van der Waals surface area contributed by atoms with E-state index in [2.05, 4.69) is 65.1 Å². The molecule has 0 radical (unpaired) electrons. The van der Waals surface area contributed by atoms with Crippen molar-refractivity contribution in [3.8, 4) is 5.75 Å². The summed E-state index contributed by atoms with van der Waals surface area (Å²) in [5.41, 5.74) is 3.47. The number of aryl methyl sites for hydroxylation is 1. The summed E-state index contributed by atoms with van der Waals surface area (Å²) in [6.07, 6.45) is 0.930. The Balaban J connectivity index is 2.03. The molecule has 0 amide bonds. The number of nitrogens with one attached hydrogen (secondary N) is 1. The zero-order valence-electron chi connectivity index (χ0n) is 15.2. The molecule has 25 heavy (non-hydrogen) atoms. The van der Waals surface area contributed by atoms with Gasteiger partial charge in [0.2, 0.25) is 0 Å². The van der Waals surface area contributed by atoms with E-state index in [0.717, 1.165) is 34.0 Å². The highest BCUT2D eigenvalue weighted by Gasteiger charge is 2.16. The summed E-state index contributed by atoms with van der Waals surface area (Å²) in [4.78, 5) is 2.22.